The summed E-state index contributed by atoms with van der Waals surface area (Å²) < 4.78 is 3.22. The first-order valence-electron chi connectivity index (χ1n) is 20.9. The third-order valence-corrected chi connectivity index (χ3v) is 11.9. The Hall–Kier alpha value is -6.32. The van der Waals surface area contributed by atoms with Crippen LogP contribution in [-0.4, -0.2) is 136 Å². The maximum Gasteiger partial charge on any atom is 0.244 e. The van der Waals surface area contributed by atoms with Gasteiger partial charge in [-0.1, -0.05) is 23.2 Å². The molecule has 5 N–H and O–H groups in total. The third-order valence-electron chi connectivity index (χ3n) is 11.0. The van der Waals surface area contributed by atoms with E-state index in [1.807, 2.05) is 60.0 Å². The number of amides is 2. The van der Waals surface area contributed by atoms with E-state index in [0.29, 0.717) is 61.6 Å². The fourth-order valence-corrected chi connectivity index (χ4v) is 7.82. The van der Waals surface area contributed by atoms with Crippen LogP contribution in [0.4, 0.5) is 11.4 Å². The van der Waals surface area contributed by atoms with Crippen LogP contribution in [-0.2, 0) is 22.7 Å². The van der Waals surface area contributed by atoms with Crippen molar-refractivity contribution in [3.8, 4) is 6.07 Å². The summed E-state index contributed by atoms with van der Waals surface area (Å²) >= 11 is 12.3. The van der Waals surface area contributed by atoms with Gasteiger partial charge in [0, 0.05) is 106 Å². The van der Waals surface area contributed by atoms with Crippen molar-refractivity contribution in [3.05, 3.63) is 106 Å². The number of carbonyl (C=O) groups is 2. The first-order valence-corrected chi connectivity index (χ1v) is 21.6. The van der Waals surface area contributed by atoms with Crippen LogP contribution in [0, 0.1) is 25.2 Å². The number of nitriles is 1. The molecular weight excluding hydrogens is 841 g/mol. The molecule has 2 saturated heterocycles. The molecule has 7 heterocycles. The molecule has 328 valence electrons. The van der Waals surface area contributed by atoms with Crippen molar-refractivity contribution in [1.82, 2.24) is 44.6 Å². The van der Waals surface area contributed by atoms with E-state index in [0.717, 1.165) is 88.7 Å². The number of benzene rings is 2. The first kappa shape index (κ1) is 44.7. The lowest BCUT2D eigenvalue weighted by atomic mass is 10.2. The van der Waals surface area contributed by atoms with Gasteiger partial charge in [-0.2, -0.15) is 15.5 Å². The number of aryl methyl sites for hydroxylation is 2. The highest BCUT2D eigenvalue weighted by Gasteiger charge is 2.26. The summed E-state index contributed by atoms with van der Waals surface area (Å²) in [5.74, 6) is 0.803. The Kier molecular flexibility index (Phi) is 14.7. The van der Waals surface area contributed by atoms with Crippen molar-refractivity contribution >= 4 is 74.3 Å². The molecule has 9 rings (SSSR count). The van der Waals surface area contributed by atoms with E-state index in [9.17, 15) is 14.9 Å². The van der Waals surface area contributed by atoms with Gasteiger partial charge in [-0.3, -0.25) is 14.6 Å². The number of aromatic nitrogens is 6. The minimum atomic E-state index is -0.0218. The summed E-state index contributed by atoms with van der Waals surface area (Å²) in [5, 5.41) is 24.5. The normalized spacial score (nSPS) is 15.0. The number of nitrogens with one attached hydrogen (secondary N) is 1. The number of nitrogens with two attached hydrogens (primary N) is 2. The van der Waals surface area contributed by atoms with Gasteiger partial charge in [0.05, 0.1) is 17.3 Å². The minimum Gasteiger partial charge on any atom is -0.368 e. The van der Waals surface area contributed by atoms with Crippen LogP contribution in [0.3, 0.4) is 0 Å². The predicted octanol–water partition coefficient (Wildman–Crippen LogP) is 3.61. The average Bonchev–Trinajstić information content (AvgIpc) is 4.07. The molecule has 2 aromatic carbocycles. The molecule has 0 spiro atoms. The van der Waals surface area contributed by atoms with Gasteiger partial charge in [-0.05, 0) is 85.6 Å². The Bertz CT molecular complexity index is 2640. The summed E-state index contributed by atoms with van der Waals surface area (Å²) in [4.78, 5) is 47.3. The number of fused-ring (bicyclic) bond motifs is 2. The number of hydrogen-bond acceptors (Lipinski definition) is 13. The van der Waals surface area contributed by atoms with Crippen molar-refractivity contribution < 1.29 is 9.59 Å². The van der Waals surface area contributed by atoms with Crippen LogP contribution in [0.15, 0.2) is 78.0 Å². The molecule has 3 aliphatic rings. The molecule has 0 radical (unpaired) electrons. The highest BCUT2D eigenvalue weighted by molar-refractivity contribution is 6.31. The molecule has 6 aromatic rings. The molecule has 4 aromatic heterocycles. The zero-order valence-electron chi connectivity index (χ0n) is 35.4. The Morgan fingerprint density at radius 3 is 1.67 bits per heavy atom. The van der Waals surface area contributed by atoms with Crippen molar-refractivity contribution in [2.45, 2.75) is 26.9 Å². The average molecular weight is 893 g/mol. The molecule has 2 amide bonds. The highest BCUT2D eigenvalue weighted by atomic mass is 35.5. The number of pyridine rings is 2. The standard InChI is InChI=1S/C22H24ClN7O.C20H19ClN6O.C2H8N2/c1-15-13-16(4-5-18(15)23)28-9-11-29(12-10-28)19(31)14-30-22-17(3-2-6-26-22)20(27-30)21-24-7-8-25-21;1-14-11-15(4-5-17(14)21)25-7-9-26(10-8-25)19(28)13-27-20-16(3-2-6-23-20)18(12-22)24-27;3-1-2-4/h2-6,13H,7-12,14H2,1H3,(H,24,25);2-6,11H,7-10,13H2,1H3;1-4H2. The number of rotatable bonds is 8. The second kappa shape index (κ2) is 20.7. The largest absolute Gasteiger partial charge is 0.368 e. The van der Waals surface area contributed by atoms with Gasteiger partial charge < -0.3 is 36.4 Å². The molecule has 63 heavy (non-hydrogen) atoms. The number of halogens is 2. The molecule has 3 aliphatic heterocycles. The number of anilines is 2. The van der Waals surface area contributed by atoms with E-state index in [-0.39, 0.29) is 24.9 Å². The maximum atomic E-state index is 13.0. The van der Waals surface area contributed by atoms with Gasteiger partial charge in [0.25, 0.3) is 0 Å². The number of amidine groups is 1. The van der Waals surface area contributed by atoms with E-state index in [4.69, 9.17) is 34.7 Å². The predicted molar refractivity (Wildman–Crippen MR) is 247 cm³/mol. The van der Waals surface area contributed by atoms with Crippen LogP contribution in [0.1, 0.15) is 22.5 Å². The SMILES string of the molecule is Cc1cc(N2CCN(C(=O)Cn3nc(C#N)c4cccnc43)CC2)ccc1Cl.Cc1cc(N2CCN(C(=O)Cn3nc(C4=NCCN4)c4cccnc43)CC2)ccc1Cl.NCCN. The Balaban J connectivity index is 0.000000175. The topological polar surface area (TPSA) is 209 Å². The highest BCUT2D eigenvalue weighted by Crippen LogP contribution is 2.26. The third kappa shape index (κ3) is 10.5. The fourth-order valence-electron chi connectivity index (χ4n) is 7.59. The van der Waals surface area contributed by atoms with Gasteiger partial charge in [-0.15, -0.1) is 0 Å². The Morgan fingerprint density at radius 2 is 1.21 bits per heavy atom. The molecule has 0 bridgehead atoms. The van der Waals surface area contributed by atoms with Gasteiger partial charge in [0.15, 0.2) is 17.0 Å². The van der Waals surface area contributed by atoms with Crippen molar-refractivity contribution in [2.24, 2.45) is 16.5 Å². The quantitative estimate of drug-likeness (QED) is 0.200. The Labute approximate surface area is 375 Å². The number of hydrogen-bond donors (Lipinski definition) is 3. The zero-order valence-corrected chi connectivity index (χ0v) is 36.9. The number of aliphatic imine (C=N–C) groups is 1. The van der Waals surface area contributed by atoms with Crippen LogP contribution in [0.5, 0.6) is 0 Å². The summed E-state index contributed by atoms with van der Waals surface area (Å²) in [7, 11) is 0. The Morgan fingerprint density at radius 1 is 0.714 bits per heavy atom. The monoisotopic (exact) mass is 891 g/mol. The lowest BCUT2D eigenvalue weighted by molar-refractivity contribution is -0.133. The van der Waals surface area contributed by atoms with Gasteiger partial charge >= 0.3 is 0 Å². The molecule has 0 aliphatic carbocycles. The van der Waals surface area contributed by atoms with Crippen molar-refractivity contribution in [1.29, 1.82) is 5.26 Å². The lowest BCUT2D eigenvalue weighted by Crippen LogP contribution is -2.49. The summed E-state index contributed by atoms with van der Waals surface area (Å²) in [6.07, 6.45) is 3.37. The fraction of sp³-hybridized carbons (Fsp3) is 0.364. The number of carbonyl (C=O) groups excluding carboxylic acids is 2. The number of piperazine rings is 2. The molecule has 0 unspecified atom stereocenters. The number of nitrogens with zero attached hydrogens (tertiary/aromatic N) is 12. The van der Waals surface area contributed by atoms with Crippen LogP contribution < -0.4 is 26.6 Å². The van der Waals surface area contributed by atoms with E-state index in [1.54, 1.807) is 29.2 Å². The summed E-state index contributed by atoms with van der Waals surface area (Å²) in [5.41, 5.74) is 16.5. The van der Waals surface area contributed by atoms with Crippen molar-refractivity contribution in [3.63, 3.8) is 0 Å². The minimum absolute atomic E-state index is 0.0218. The summed E-state index contributed by atoms with van der Waals surface area (Å²) in [6, 6.07) is 21.5. The second-order valence-corrected chi connectivity index (χ2v) is 16.0. The maximum absolute atomic E-state index is 13.0. The van der Waals surface area contributed by atoms with Crippen LogP contribution >= 0.6 is 23.2 Å². The molecular formula is C44H51Cl2N15O2. The van der Waals surface area contributed by atoms with E-state index < -0.39 is 0 Å². The smallest absolute Gasteiger partial charge is 0.244 e. The first-order chi connectivity index (χ1) is 30.6. The molecule has 0 atom stereocenters. The van der Waals surface area contributed by atoms with Crippen LogP contribution in [0.2, 0.25) is 10.0 Å². The van der Waals surface area contributed by atoms with Crippen LogP contribution in [0.25, 0.3) is 22.1 Å². The molecule has 19 heteroatoms. The van der Waals surface area contributed by atoms with Crippen molar-refractivity contribution in [2.75, 3.05) is 88.3 Å². The lowest BCUT2D eigenvalue weighted by Gasteiger charge is -2.36. The summed E-state index contributed by atoms with van der Waals surface area (Å²) in [6.45, 7) is 12.7. The van der Waals surface area contributed by atoms with Gasteiger partial charge in [-0.25, -0.2) is 19.3 Å². The molecule has 2 fully saturated rings. The second-order valence-electron chi connectivity index (χ2n) is 15.2. The molecule has 17 nitrogen and oxygen atoms in total. The van der Waals surface area contributed by atoms with E-state index in [1.165, 1.54) is 4.68 Å². The van der Waals surface area contributed by atoms with E-state index in [2.05, 4.69) is 58.5 Å². The van der Waals surface area contributed by atoms with E-state index >= 15 is 0 Å². The van der Waals surface area contributed by atoms with Gasteiger partial charge in [0.2, 0.25) is 11.8 Å². The zero-order chi connectivity index (χ0) is 44.5. The van der Waals surface area contributed by atoms with Gasteiger partial charge in [0.1, 0.15) is 30.7 Å². The molecule has 0 saturated carbocycles.